The van der Waals surface area contributed by atoms with Crippen molar-refractivity contribution in [2.24, 2.45) is 0 Å². The maximum absolute atomic E-state index is 9.05. The topological polar surface area (TPSA) is 39.1 Å². The molecular weight excluding hydrogens is 258 g/mol. The van der Waals surface area contributed by atoms with E-state index in [2.05, 4.69) is 37.2 Å². The lowest BCUT2D eigenvalue weighted by Crippen LogP contribution is -2.27. The third-order valence-electron chi connectivity index (χ3n) is 3.26. The van der Waals surface area contributed by atoms with Crippen LogP contribution in [0.4, 0.5) is 5.69 Å². The van der Waals surface area contributed by atoms with Crippen molar-refractivity contribution in [2.75, 3.05) is 25.5 Å². The van der Waals surface area contributed by atoms with Gasteiger partial charge in [-0.05, 0) is 52.4 Å². The third kappa shape index (κ3) is 5.10. The van der Waals surface area contributed by atoms with Crippen LogP contribution in [0, 0.1) is 11.3 Å². The van der Waals surface area contributed by atoms with Gasteiger partial charge in [-0.1, -0.05) is 17.7 Å². The van der Waals surface area contributed by atoms with Gasteiger partial charge in [0, 0.05) is 12.6 Å². The molecule has 0 bridgehead atoms. The molecule has 1 aromatic carbocycles. The maximum Gasteiger partial charge on any atom is 0.103 e. The van der Waals surface area contributed by atoms with Crippen molar-refractivity contribution in [2.45, 2.75) is 32.7 Å². The van der Waals surface area contributed by atoms with E-state index >= 15 is 0 Å². The van der Waals surface area contributed by atoms with Crippen LogP contribution >= 0.6 is 11.6 Å². The number of anilines is 1. The minimum Gasteiger partial charge on any atom is -0.384 e. The molecule has 0 aliphatic carbocycles. The minimum atomic E-state index is 0.507. The standard InChI is InChI=1S/C15H22ClN3/c1-12(2)19(3)10-5-4-9-18-15-8-6-7-14(16)13(15)11-17/h6-8,12,18H,4-5,9-10H2,1-3H3. The van der Waals surface area contributed by atoms with Gasteiger partial charge < -0.3 is 10.2 Å². The van der Waals surface area contributed by atoms with E-state index in [1.807, 2.05) is 12.1 Å². The molecule has 0 saturated carbocycles. The molecule has 19 heavy (non-hydrogen) atoms. The lowest BCUT2D eigenvalue weighted by Gasteiger charge is -2.20. The van der Waals surface area contributed by atoms with E-state index in [-0.39, 0.29) is 0 Å². The molecule has 3 nitrogen and oxygen atoms in total. The summed E-state index contributed by atoms with van der Waals surface area (Å²) in [6, 6.07) is 8.22. The summed E-state index contributed by atoms with van der Waals surface area (Å²) in [7, 11) is 2.14. The fourth-order valence-corrected chi connectivity index (χ4v) is 1.97. The van der Waals surface area contributed by atoms with E-state index in [9.17, 15) is 0 Å². The number of hydrogen-bond donors (Lipinski definition) is 1. The first-order valence-electron chi connectivity index (χ1n) is 6.69. The Bertz CT molecular complexity index is 438. The predicted octanol–water partition coefficient (Wildman–Crippen LogP) is 3.74. The highest BCUT2D eigenvalue weighted by molar-refractivity contribution is 6.32. The molecule has 0 fully saturated rings. The molecule has 0 radical (unpaired) electrons. The lowest BCUT2D eigenvalue weighted by atomic mass is 10.2. The normalized spacial score (nSPS) is 10.8. The minimum absolute atomic E-state index is 0.507. The first-order valence-corrected chi connectivity index (χ1v) is 7.06. The Morgan fingerprint density at radius 1 is 1.37 bits per heavy atom. The van der Waals surface area contributed by atoms with Crippen LogP contribution in [0.2, 0.25) is 5.02 Å². The molecule has 0 aromatic heterocycles. The Balaban J connectivity index is 2.35. The Hall–Kier alpha value is -1.24. The number of nitriles is 1. The summed E-state index contributed by atoms with van der Waals surface area (Å²) in [5, 5.41) is 12.8. The van der Waals surface area contributed by atoms with E-state index in [0.717, 1.165) is 31.6 Å². The summed E-state index contributed by atoms with van der Waals surface area (Å²) >= 11 is 5.98. The van der Waals surface area contributed by atoms with Crippen LogP contribution < -0.4 is 5.32 Å². The molecule has 0 aliphatic rings. The second-order valence-electron chi connectivity index (χ2n) is 4.98. The molecule has 1 aromatic rings. The van der Waals surface area contributed by atoms with Crippen LogP contribution in [0.3, 0.4) is 0 Å². The Labute approximate surface area is 121 Å². The largest absolute Gasteiger partial charge is 0.384 e. The summed E-state index contributed by atoms with van der Waals surface area (Å²) in [5.74, 6) is 0. The quantitative estimate of drug-likeness (QED) is 0.773. The zero-order valence-corrected chi connectivity index (χ0v) is 12.7. The average molecular weight is 280 g/mol. The van der Waals surface area contributed by atoms with Gasteiger partial charge in [-0.2, -0.15) is 5.26 Å². The molecule has 104 valence electrons. The molecule has 1 rings (SSSR count). The van der Waals surface area contributed by atoms with Crippen LogP contribution in [-0.2, 0) is 0 Å². The predicted molar refractivity (Wildman–Crippen MR) is 81.7 cm³/mol. The second-order valence-corrected chi connectivity index (χ2v) is 5.39. The number of unbranched alkanes of at least 4 members (excludes halogenated alkanes) is 1. The molecule has 0 heterocycles. The molecule has 0 saturated heterocycles. The molecule has 0 unspecified atom stereocenters. The molecule has 4 heteroatoms. The SMILES string of the molecule is CC(C)N(C)CCCCNc1cccc(Cl)c1C#N. The van der Waals surface area contributed by atoms with Crippen LogP contribution in [0.5, 0.6) is 0 Å². The van der Waals surface area contributed by atoms with E-state index in [1.54, 1.807) is 6.07 Å². The van der Waals surface area contributed by atoms with Gasteiger partial charge in [-0.25, -0.2) is 0 Å². The van der Waals surface area contributed by atoms with Gasteiger partial charge in [0.15, 0.2) is 0 Å². The zero-order valence-electron chi connectivity index (χ0n) is 11.9. The number of halogens is 1. The van der Waals surface area contributed by atoms with Crippen molar-refractivity contribution in [3.8, 4) is 6.07 Å². The smallest absolute Gasteiger partial charge is 0.103 e. The van der Waals surface area contributed by atoms with Crippen molar-refractivity contribution in [3.05, 3.63) is 28.8 Å². The van der Waals surface area contributed by atoms with Crippen molar-refractivity contribution in [1.82, 2.24) is 4.90 Å². The molecule has 0 spiro atoms. The van der Waals surface area contributed by atoms with Crippen LogP contribution in [0.25, 0.3) is 0 Å². The number of benzene rings is 1. The van der Waals surface area contributed by atoms with Crippen LogP contribution in [-0.4, -0.2) is 31.1 Å². The Morgan fingerprint density at radius 3 is 2.74 bits per heavy atom. The monoisotopic (exact) mass is 279 g/mol. The Kier molecular flexibility index (Phi) is 6.69. The number of hydrogen-bond acceptors (Lipinski definition) is 3. The van der Waals surface area contributed by atoms with Gasteiger partial charge in [0.1, 0.15) is 6.07 Å². The highest BCUT2D eigenvalue weighted by atomic mass is 35.5. The van der Waals surface area contributed by atoms with Crippen molar-refractivity contribution in [3.63, 3.8) is 0 Å². The van der Waals surface area contributed by atoms with Gasteiger partial charge >= 0.3 is 0 Å². The molecule has 0 aliphatic heterocycles. The first kappa shape index (κ1) is 15.8. The molecule has 0 amide bonds. The van der Waals surface area contributed by atoms with Crippen molar-refractivity contribution >= 4 is 17.3 Å². The van der Waals surface area contributed by atoms with Gasteiger partial charge in [0.2, 0.25) is 0 Å². The summed E-state index contributed by atoms with van der Waals surface area (Å²) in [6.07, 6.45) is 2.22. The summed E-state index contributed by atoms with van der Waals surface area (Å²) in [6.45, 7) is 6.35. The van der Waals surface area contributed by atoms with Crippen molar-refractivity contribution < 1.29 is 0 Å². The summed E-state index contributed by atoms with van der Waals surface area (Å²) < 4.78 is 0. The fourth-order valence-electron chi connectivity index (χ4n) is 1.75. The molecule has 1 N–H and O–H groups in total. The third-order valence-corrected chi connectivity index (χ3v) is 3.57. The van der Waals surface area contributed by atoms with E-state index in [0.29, 0.717) is 16.6 Å². The average Bonchev–Trinajstić information content (AvgIpc) is 2.38. The number of nitrogens with one attached hydrogen (secondary N) is 1. The second kappa shape index (κ2) is 8.04. The van der Waals surface area contributed by atoms with Gasteiger partial charge in [0.25, 0.3) is 0 Å². The van der Waals surface area contributed by atoms with Crippen molar-refractivity contribution in [1.29, 1.82) is 5.26 Å². The van der Waals surface area contributed by atoms with E-state index in [1.165, 1.54) is 0 Å². The summed E-state index contributed by atoms with van der Waals surface area (Å²) in [4.78, 5) is 2.33. The van der Waals surface area contributed by atoms with Gasteiger partial charge in [0.05, 0.1) is 16.3 Å². The van der Waals surface area contributed by atoms with Gasteiger partial charge in [-0.3, -0.25) is 0 Å². The van der Waals surface area contributed by atoms with E-state index in [4.69, 9.17) is 16.9 Å². The summed E-state index contributed by atoms with van der Waals surface area (Å²) in [5.41, 5.74) is 1.36. The van der Waals surface area contributed by atoms with Gasteiger partial charge in [-0.15, -0.1) is 0 Å². The highest BCUT2D eigenvalue weighted by Crippen LogP contribution is 2.23. The fraction of sp³-hybridized carbons (Fsp3) is 0.533. The molecular formula is C15H22ClN3. The molecule has 0 atom stereocenters. The van der Waals surface area contributed by atoms with Crippen LogP contribution in [0.15, 0.2) is 18.2 Å². The van der Waals surface area contributed by atoms with Crippen LogP contribution in [0.1, 0.15) is 32.3 Å². The zero-order chi connectivity index (χ0) is 14.3. The first-order chi connectivity index (χ1) is 9.06. The Morgan fingerprint density at radius 2 is 2.11 bits per heavy atom. The number of nitrogens with zero attached hydrogens (tertiary/aromatic N) is 2. The van der Waals surface area contributed by atoms with E-state index < -0.39 is 0 Å². The highest BCUT2D eigenvalue weighted by Gasteiger charge is 2.05. The number of rotatable bonds is 7. The maximum atomic E-state index is 9.05. The lowest BCUT2D eigenvalue weighted by molar-refractivity contribution is 0.269.